The highest BCUT2D eigenvalue weighted by molar-refractivity contribution is 5.86. The summed E-state index contributed by atoms with van der Waals surface area (Å²) in [5.74, 6) is -1.26. The second kappa shape index (κ2) is 9.43. The zero-order chi connectivity index (χ0) is 25.4. The SMILES string of the molecule is COc1ccc(-c2cc(=O)c3c(O)cc(O[C@@H]4OC(C(=O)O)[C@@H](O)[C@H](O)C4O)cc3o2)cc1OC. The number of carboxylic acids is 1. The predicted molar refractivity (Wildman–Crippen MR) is 118 cm³/mol. The number of hydrogen-bond donors (Lipinski definition) is 5. The summed E-state index contributed by atoms with van der Waals surface area (Å²) in [6, 6.07) is 8.30. The summed E-state index contributed by atoms with van der Waals surface area (Å²) in [4.78, 5) is 24.0. The Hall–Kier alpha value is -3.84. The molecule has 3 aromatic rings. The van der Waals surface area contributed by atoms with Crippen LogP contribution in [0, 0.1) is 0 Å². The highest BCUT2D eigenvalue weighted by Gasteiger charge is 2.48. The van der Waals surface area contributed by atoms with Gasteiger partial charge in [-0.3, -0.25) is 4.79 Å². The minimum atomic E-state index is -1.89. The quantitative estimate of drug-likeness (QED) is 0.322. The first-order valence-electron chi connectivity index (χ1n) is 10.3. The van der Waals surface area contributed by atoms with Gasteiger partial charge in [-0.2, -0.15) is 0 Å². The average Bonchev–Trinajstić information content (AvgIpc) is 2.83. The van der Waals surface area contributed by atoms with Crippen molar-refractivity contribution in [2.24, 2.45) is 0 Å². The fourth-order valence-corrected chi connectivity index (χ4v) is 3.73. The van der Waals surface area contributed by atoms with Crippen LogP contribution in [-0.4, -0.2) is 76.4 Å². The van der Waals surface area contributed by atoms with Crippen molar-refractivity contribution in [1.29, 1.82) is 0 Å². The van der Waals surface area contributed by atoms with Gasteiger partial charge >= 0.3 is 5.97 Å². The zero-order valence-corrected chi connectivity index (χ0v) is 18.4. The molecule has 0 aliphatic carbocycles. The van der Waals surface area contributed by atoms with Gasteiger partial charge in [-0.1, -0.05) is 0 Å². The van der Waals surface area contributed by atoms with Gasteiger partial charge in [0.1, 0.15) is 46.5 Å². The molecule has 2 unspecified atom stereocenters. The fraction of sp³-hybridized carbons (Fsp3) is 0.304. The van der Waals surface area contributed by atoms with E-state index in [1.165, 1.54) is 26.4 Å². The lowest BCUT2D eigenvalue weighted by Crippen LogP contribution is -2.61. The van der Waals surface area contributed by atoms with Gasteiger partial charge in [0, 0.05) is 23.8 Å². The van der Waals surface area contributed by atoms with Crippen molar-refractivity contribution in [3.8, 4) is 34.3 Å². The van der Waals surface area contributed by atoms with E-state index in [0.29, 0.717) is 17.1 Å². The van der Waals surface area contributed by atoms with E-state index in [-0.39, 0.29) is 22.5 Å². The molecule has 1 aliphatic rings. The predicted octanol–water partition coefficient (Wildman–Crippen LogP) is 0.454. The maximum atomic E-state index is 12.7. The summed E-state index contributed by atoms with van der Waals surface area (Å²) in [5, 5.41) is 49.4. The molecule has 186 valence electrons. The molecule has 12 heteroatoms. The van der Waals surface area contributed by atoms with Gasteiger partial charge in [-0.05, 0) is 18.2 Å². The Morgan fingerprint density at radius 2 is 1.66 bits per heavy atom. The average molecular weight is 490 g/mol. The van der Waals surface area contributed by atoms with E-state index in [0.717, 1.165) is 6.07 Å². The van der Waals surface area contributed by atoms with Gasteiger partial charge in [0.15, 0.2) is 23.0 Å². The standard InChI is InChI=1S/C23H22O12/c1-31-13-4-3-9(5-15(13)32-2)14-8-12(25)17-11(24)6-10(7-16(17)34-14)33-23-20(28)18(26)19(27)21(35-23)22(29)30/h3-8,18-21,23-24,26-28H,1-2H3,(H,29,30)/t18-,19-,20?,21?,23+/m0/s1. The molecule has 0 spiro atoms. The summed E-state index contributed by atoms with van der Waals surface area (Å²) in [6.07, 6.45) is -9.18. The van der Waals surface area contributed by atoms with Gasteiger partial charge in [-0.15, -0.1) is 0 Å². The molecule has 2 aromatic carbocycles. The number of phenols is 1. The number of aliphatic hydroxyl groups is 3. The first-order valence-corrected chi connectivity index (χ1v) is 10.3. The van der Waals surface area contributed by atoms with Crippen LogP contribution in [0.15, 0.2) is 45.6 Å². The molecular formula is C23H22O12. The number of aliphatic hydroxyl groups excluding tert-OH is 3. The summed E-state index contributed by atoms with van der Waals surface area (Å²) in [7, 11) is 2.93. The number of rotatable bonds is 6. The van der Waals surface area contributed by atoms with Crippen LogP contribution in [0.25, 0.3) is 22.3 Å². The summed E-state index contributed by atoms with van der Waals surface area (Å²) in [6.45, 7) is 0. The Kier molecular flexibility index (Phi) is 6.54. The Morgan fingerprint density at radius 3 is 2.31 bits per heavy atom. The molecule has 5 atom stereocenters. The maximum absolute atomic E-state index is 12.7. The number of carboxylic acid groups (broad SMARTS) is 1. The first kappa shape index (κ1) is 24.3. The summed E-state index contributed by atoms with van der Waals surface area (Å²) >= 11 is 0. The van der Waals surface area contributed by atoms with Crippen molar-refractivity contribution in [2.45, 2.75) is 30.7 Å². The van der Waals surface area contributed by atoms with Crippen LogP contribution in [0.5, 0.6) is 23.0 Å². The van der Waals surface area contributed by atoms with Gasteiger partial charge in [-0.25, -0.2) is 4.79 Å². The zero-order valence-electron chi connectivity index (χ0n) is 18.4. The third-order valence-corrected chi connectivity index (χ3v) is 5.52. The first-order chi connectivity index (χ1) is 16.6. The molecule has 0 radical (unpaired) electrons. The molecule has 1 aliphatic heterocycles. The molecule has 12 nitrogen and oxygen atoms in total. The smallest absolute Gasteiger partial charge is 0.335 e. The molecule has 4 rings (SSSR count). The topological polar surface area (TPSA) is 185 Å². The van der Waals surface area contributed by atoms with Crippen LogP contribution in [0.2, 0.25) is 0 Å². The van der Waals surface area contributed by atoms with Crippen LogP contribution in [0.1, 0.15) is 0 Å². The van der Waals surface area contributed by atoms with E-state index in [2.05, 4.69) is 0 Å². The number of benzene rings is 2. The molecular weight excluding hydrogens is 468 g/mol. The monoisotopic (exact) mass is 490 g/mol. The van der Waals surface area contributed by atoms with Crippen LogP contribution in [0.3, 0.4) is 0 Å². The Morgan fingerprint density at radius 1 is 0.943 bits per heavy atom. The highest BCUT2D eigenvalue weighted by Crippen LogP contribution is 2.35. The minimum Gasteiger partial charge on any atom is -0.507 e. The molecule has 35 heavy (non-hydrogen) atoms. The number of phenolic OH excluding ortho intramolecular Hbond substituents is 1. The van der Waals surface area contributed by atoms with E-state index in [9.17, 15) is 35.1 Å². The van der Waals surface area contributed by atoms with Crippen LogP contribution >= 0.6 is 0 Å². The lowest BCUT2D eigenvalue weighted by atomic mass is 9.99. The molecule has 0 bridgehead atoms. The molecule has 0 amide bonds. The number of carbonyl (C=O) groups is 1. The van der Waals surface area contributed by atoms with Crippen molar-refractivity contribution in [1.82, 2.24) is 0 Å². The molecule has 2 heterocycles. The van der Waals surface area contributed by atoms with Crippen LogP contribution < -0.4 is 19.6 Å². The third-order valence-electron chi connectivity index (χ3n) is 5.52. The van der Waals surface area contributed by atoms with Crippen LogP contribution in [0.4, 0.5) is 0 Å². The van der Waals surface area contributed by atoms with Crippen molar-refractivity contribution < 1.29 is 53.7 Å². The van der Waals surface area contributed by atoms with Gasteiger partial charge in [0.05, 0.1) is 14.2 Å². The fourth-order valence-electron chi connectivity index (χ4n) is 3.73. The summed E-state index contributed by atoms with van der Waals surface area (Å²) in [5.41, 5.74) is -0.170. The van der Waals surface area contributed by atoms with E-state index in [1.54, 1.807) is 18.2 Å². The van der Waals surface area contributed by atoms with Crippen molar-refractivity contribution >= 4 is 16.9 Å². The van der Waals surface area contributed by atoms with Crippen LogP contribution in [-0.2, 0) is 9.53 Å². The van der Waals surface area contributed by atoms with Gasteiger partial charge in [0.25, 0.3) is 0 Å². The van der Waals surface area contributed by atoms with Crippen molar-refractivity contribution in [3.63, 3.8) is 0 Å². The lowest BCUT2D eigenvalue weighted by molar-refractivity contribution is -0.271. The molecule has 0 saturated carbocycles. The molecule has 5 N–H and O–H groups in total. The number of fused-ring (bicyclic) bond motifs is 1. The van der Waals surface area contributed by atoms with Gasteiger partial charge in [0.2, 0.25) is 6.29 Å². The molecule has 1 saturated heterocycles. The second-order valence-electron chi connectivity index (χ2n) is 7.71. The minimum absolute atomic E-state index is 0.0852. The van der Waals surface area contributed by atoms with E-state index in [4.69, 9.17) is 23.4 Å². The molecule has 1 fully saturated rings. The number of aromatic hydroxyl groups is 1. The number of methoxy groups -OCH3 is 2. The Labute approximate surface area is 197 Å². The van der Waals surface area contributed by atoms with Gasteiger partial charge < -0.3 is 48.9 Å². The summed E-state index contributed by atoms with van der Waals surface area (Å²) < 4.78 is 26.8. The van der Waals surface area contributed by atoms with E-state index < -0.39 is 47.9 Å². The Bertz CT molecular complexity index is 1320. The largest absolute Gasteiger partial charge is 0.507 e. The van der Waals surface area contributed by atoms with Crippen molar-refractivity contribution in [2.75, 3.05) is 14.2 Å². The highest BCUT2D eigenvalue weighted by atomic mass is 16.7. The second-order valence-corrected chi connectivity index (χ2v) is 7.71. The Balaban J connectivity index is 1.72. The lowest BCUT2D eigenvalue weighted by Gasteiger charge is -2.38. The van der Waals surface area contributed by atoms with E-state index in [1.807, 2.05) is 0 Å². The third kappa shape index (κ3) is 4.47. The van der Waals surface area contributed by atoms with Crippen molar-refractivity contribution in [3.05, 3.63) is 46.6 Å². The molecule has 1 aromatic heterocycles. The maximum Gasteiger partial charge on any atom is 0.335 e. The number of hydrogen-bond acceptors (Lipinski definition) is 11. The normalized spacial score (nSPS) is 24.2. The number of ether oxygens (including phenoxy) is 4. The number of aliphatic carboxylic acids is 1. The van der Waals surface area contributed by atoms with E-state index >= 15 is 0 Å².